The molecule has 0 aliphatic heterocycles. The third kappa shape index (κ3) is 15.1. The molecule has 16 heteroatoms. The summed E-state index contributed by atoms with van der Waals surface area (Å²) in [5.41, 5.74) is 28.1. The van der Waals surface area contributed by atoms with Crippen molar-refractivity contribution in [2.75, 3.05) is 25.1 Å². The van der Waals surface area contributed by atoms with E-state index in [9.17, 15) is 24.3 Å². The van der Waals surface area contributed by atoms with Gasteiger partial charge in [0.05, 0.1) is 6.04 Å². The third-order valence-corrected chi connectivity index (χ3v) is 6.67. The molecule has 0 saturated carbocycles. The summed E-state index contributed by atoms with van der Waals surface area (Å²) >= 11 is 1.46. The second-order valence-electron chi connectivity index (χ2n) is 9.50. The summed E-state index contributed by atoms with van der Waals surface area (Å²) in [6.07, 6.45) is 3.34. The Bertz CT molecular complexity index is 1060. The third-order valence-electron chi connectivity index (χ3n) is 6.02. The summed E-state index contributed by atoms with van der Waals surface area (Å²) in [6.45, 7) is 0.502. The number of amides is 3. The molecule has 1 rings (SSSR count). The zero-order valence-corrected chi connectivity index (χ0v) is 24.6. The van der Waals surface area contributed by atoms with E-state index >= 15 is 0 Å². The number of carboxylic acid groups (broad SMARTS) is 1. The van der Waals surface area contributed by atoms with Crippen molar-refractivity contribution in [2.45, 2.75) is 62.7 Å². The van der Waals surface area contributed by atoms with Crippen LogP contribution in [-0.4, -0.2) is 90.0 Å². The first kappa shape index (κ1) is 36.0. The Morgan fingerprint density at radius 3 is 1.81 bits per heavy atom. The van der Waals surface area contributed by atoms with E-state index in [0.717, 1.165) is 5.56 Å². The summed E-state index contributed by atoms with van der Waals surface area (Å²) in [6, 6.07) is 4.62. The van der Waals surface area contributed by atoms with Gasteiger partial charge in [-0.3, -0.25) is 24.4 Å². The van der Waals surface area contributed by atoms with Crippen LogP contribution in [0, 0.1) is 0 Å². The molecule has 14 N–H and O–H groups in total. The van der Waals surface area contributed by atoms with E-state index < -0.39 is 47.9 Å². The van der Waals surface area contributed by atoms with Crippen molar-refractivity contribution in [1.82, 2.24) is 16.0 Å². The van der Waals surface area contributed by atoms with E-state index in [4.69, 9.17) is 28.7 Å². The first-order valence-corrected chi connectivity index (χ1v) is 14.9. The van der Waals surface area contributed by atoms with Crippen LogP contribution in [0.1, 0.15) is 37.7 Å². The highest BCUT2D eigenvalue weighted by molar-refractivity contribution is 7.98. The largest absolute Gasteiger partial charge is 0.480 e. The number of nitrogens with two attached hydrogens (primary N) is 5. The van der Waals surface area contributed by atoms with Crippen LogP contribution in [0.5, 0.6) is 0 Å². The molecule has 15 nitrogen and oxygen atoms in total. The summed E-state index contributed by atoms with van der Waals surface area (Å²) in [7, 11) is 0. The molecule has 0 heterocycles. The fourth-order valence-corrected chi connectivity index (χ4v) is 4.27. The van der Waals surface area contributed by atoms with E-state index in [1.165, 1.54) is 11.8 Å². The molecular weight excluding hydrogens is 564 g/mol. The van der Waals surface area contributed by atoms with Gasteiger partial charge in [-0.25, -0.2) is 4.79 Å². The van der Waals surface area contributed by atoms with Gasteiger partial charge in [0.25, 0.3) is 0 Å². The Kier molecular flexibility index (Phi) is 17.1. The van der Waals surface area contributed by atoms with Crippen molar-refractivity contribution in [3.63, 3.8) is 0 Å². The van der Waals surface area contributed by atoms with Gasteiger partial charge >= 0.3 is 5.97 Å². The maximum atomic E-state index is 13.4. The number of nitrogens with zero attached hydrogens (tertiary/aromatic N) is 2. The molecule has 0 saturated heterocycles. The molecule has 0 bridgehead atoms. The maximum absolute atomic E-state index is 13.4. The van der Waals surface area contributed by atoms with Gasteiger partial charge < -0.3 is 49.7 Å². The molecule has 1 aromatic carbocycles. The SMILES string of the molecule is CSCCC(NC(=O)C(CCCN=C(N)N)NC(=O)C(N)CCCN=C(N)N)C(=O)NC(Cc1ccccc1)C(=O)O. The van der Waals surface area contributed by atoms with Crippen molar-refractivity contribution in [2.24, 2.45) is 38.7 Å². The summed E-state index contributed by atoms with van der Waals surface area (Å²) < 4.78 is 0. The monoisotopic (exact) mass is 608 g/mol. The highest BCUT2D eigenvalue weighted by atomic mass is 32.2. The Labute approximate surface area is 249 Å². The van der Waals surface area contributed by atoms with Gasteiger partial charge in [0, 0.05) is 19.5 Å². The van der Waals surface area contributed by atoms with Crippen molar-refractivity contribution in [3.05, 3.63) is 35.9 Å². The average molecular weight is 609 g/mol. The average Bonchev–Trinajstić information content (AvgIpc) is 2.94. The van der Waals surface area contributed by atoms with E-state index in [2.05, 4.69) is 25.9 Å². The molecule has 3 amide bonds. The minimum Gasteiger partial charge on any atom is -0.480 e. The van der Waals surface area contributed by atoms with Crippen LogP contribution in [0.15, 0.2) is 40.3 Å². The van der Waals surface area contributed by atoms with Crippen molar-refractivity contribution in [3.8, 4) is 0 Å². The highest BCUT2D eigenvalue weighted by Crippen LogP contribution is 2.08. The van der Waals surface area contributed by atoms with Gasteiger partial charge in [-0.2, -0.15) is 11.8 Å². The lowest BCUT2D eigenvalue weighted by Crippen LogP contribution is -2.57. The van der Waals surface area contributed by atoms with Crippen LogP contribution in [0.3, 0.4) is 0 Å². The number of carboxylic acids is 1. The predicted molar refractivity (Wildman–Crippen MR) is 164 cm³/mol. The Hall–Kier alpha value is -4.05. The molecule has 1 aromatic rings. The molecular formula is C26H44N10O5S. The minimum absolute atomic E-state index is 0.0651. The van der Waals surface area contributed by atoms with Crippen LogP contribution in [0.25, 0.3) is 0 Å². The highest BCUT2D eigenvalue weighted by Gasteiger charge is 2.30. The smallest absolute Gasteiger partial charge is 0.326 e. The van der Waals surface area contributed by atoms with Gasteiger partial charge in [0.2, 0.25) is 17.7 Å². The molecule has 0 fully saturated rings. The molecule has 4 atom stereocenters. The number of benzene rings is 1. The molecule has 0 aliphatic carbocycles. The standard InChI is InChI=1S/C26H44N10O5S/c1-42-14-11-19(23(39)36-20(24(40)41)15-16-7-3-2-4-8-16)35-22(38)18(10-6-13-33-26(30)31)34-21(37)17(27)9-5-12-32-25(28)29/h2-4,7-8,17-20H,5-6,9-15,27H2,1H3,(H,34,37)(H,35,38)(H,36,39)(H,40,41)(H4,28,29,32)(H4,30,31,33). The van der Waals surface area contributed by atoms with Crippen LogP contribution < -0.4 is 44.6 Å². The van der Waals surface area contributed by atoms with E-state index in [1.54, 1.807) is 30.3 Å². The first-order valence-electron chi connectivity index (χ1n) is 13.5. The number of carbonyl (C=O) groups is 4. The predicted octanol–water partition coefficient (Wildman–Crippen LogP) is -2.04. The van der Waals surface area contributed by atoms with Gasteiger partial charge in [-0.15, -0.1) is 0 Å². The number of hydrogen-bond donors (Lipinski definition) is 9. The maximum Gasteiger partial charge on any atom is 0.326 e. The van der Waals surface area contributed by atoms with Gasteiger partial charge in [-0.05, 0) is 49.7 Å². The Morgan fingerprint density at radius 2 is 1.29 bits per heavy atom. The summed E-state index contributed by atoms with van der Waals surface area (Å²) in [4.78, 5) is 59.0. The van der Waals surface area contributed by atoms with Crippen molar-refractivity contribution < 1.29 is 24.3 Å². The molecule has 234 valence electrons. The summed E-state index contributed by atoms with van der Waals surface area (Å²) in [5, 5.41) is 17.6. The van der Waals surface area contributed by atoms with E-state index in [0.29, 0.717) is 25.1 Å². The summed E-state index contributed by atoms with van der Waals surface area (Å²) in [5.74, 6) is -2.72. The van der Waals surface area contributed by atoms with Crippen molar-refractivity contribution in [1.29, 1.82) is 0 Å². The lowest BCUT2D eigenvalue weighted by Gasteiger charge is -2.25. The second-order valence-corrected chi connectivity index (χ2v) is 10.5. The first-order chi connectivity index (χ1) is 19.9. The zero-order valence-electron chi connectivity index (χ0n) is 23.8. The number of aliphatic carboxylic acids is 1. The van der Waals surface area contributed by atoms with Gasteiger partial charge in [-0.1, -0.05) is 30.3 Å². The zero-order chi connectivity index (χ0) is 31.5. The number of aliphatic imine (C=N–C) groups is 2. The number of guanidine groups is 2. The van der Waals surface area contributed by atoms with Crippen LogP contribution in [-0.2, 0) is 25.6 Å². The Balaban J connectivity index is 2.99. The Morgan fingerprint density at radius 1 is 0.786 bits per heavy atom. The van der Waals surface area contributed by atoms with Gasteiger partial charge in [0.1, 0.15) is 18.1 Å². The molecule has 0 aromatic heterocycles. The quantitative estimate of drug-likeness (QED) is 0.0441. The van der Waals surface area contributed by atoms with Gasteiger partial charge in [0.15, 0.2) is 11.9 Å². The van der Waals surface area contributed by atoms with Crippen LogP contribution >= 0.6 is 11.8 Å². The second kappa shape index (κ2) is 19.9. The van der Waals surface area contributed by atoms with E-state index in [-0.39, 0.29) is 44.1 Å². The normalized spacial score (nSPS) is 13.5. The van der Waals surface area contributed by atoms with Crippen LogP contribution in [0.2, 0.25) is 0 Å². The van der Waals surface area contributed by atoms with Crippen molar-refractivity contribution >= 4 is 47.4 Å². The number of thioether (sulfide) groups is 1. The number of rotatable bonds is 20. The number of carbonyl (C=O) groups excluding carboxylic acids is 3. The molecule has 0 radical (unpaired) electrons. The molecule has 0 spiro atoms. The molecule has 42 heavy (non-hydrogen) atoms. The van der Waals surface area contributed by atoms with E-state index in [1.807, 2.05) is 6.26 Å². The van der Waals surface area contributed by atoms with Crippen LogP contribution in [0.4, 0.5) is 0 Å². The fraction of sp³-hybridized carbons (Fsp3) is 0.538. The number of nitrogens with one attached hydrogen (secondary N) is 3. The fourth-order valence-electron chi connectivity index (χ4n) is 3.80. The lowest BCUT2D eigenvalue weighted by atomic mass is 10.0. The molecule has 0 aliphatic rings. The minimum atomic E-state index is -1.21. The number of hydrogen-bond acceptors (Lipinski definition) is 8. The lowest BCUT2D eigenvalue weighted by molar-refractivity contribution is -0.142. The topological polar surface area (TPSA) is 279 Å². The molecule has 4 unspecified atom stereocenters.